The first kappa shape index (κ1) is 11.9. The molecular weight excluding hydrogens is 238 g/mol. The van der Waals surface area contributed by atoms with E-state index < -0.39 is 5.60 Å². The SMILES string of the molecule is CO[C@@]1(c2ccccc2)C(=O)N(C)c2ccccc21. The van der Waals surface area contributed by atoms with Crippen molar-refractivity contribution in [2.75, 3.05) is 19.1 Å². The Morgan fingerprint density at radius 2 is 1.63 bits per heavy atom. The smallest absolute Gasteiger partial charge is 0.268 e. The van der Waals surface area contributed by atoms with Crippen LogP contribution in [0.5, 0.6) is 0 Å². The Labute approximate surface area is 112 Å². The standard InChI is InChI=1S/C16H15NO2/c1-17-14-11-7-6-10-13(14)16(19-2,15(17)18)12-8-4-3-5-9-12/h3-11H,1-2H3/t16-/m1/s1. The lowest BCUT2D eigenvalue weighted by Crippen LogP contribution is -2.41. The number of rotatable bonds is 2. The second-order valence-corrected chi connectivity index (χ2v) is 4.63. The zero-order chi connectivity index (χ0) is 13.5. The molecule has 2 aromatic carbocycles. The molecule has 0 N–H and O–H groups in total. The molecule has 1 heterocycles. The van der Waals surface area contributed by atoms with Gasteiger partial charge in [-0.1, -0.05) is 48.5 Å². The fraction of sp³-hybridized carbons (Fsp3) is 0.188. The Bertz CT molecular complexity index is 624. The maximum Gasteiger partial charge on any atom is 0.268 e. The van der Waals surface area contributed by atoms with Crippen LogP contribution in [-0.2, 0) is 15.1 Å². The average Bonchev–Trinajstić information content (AvgIpc) is 2.70. The van der Waals surface area contributed by atoms with Crippen LogP contribution < -0.4 is 4.90 Å². The summed E-state index contributed by atoms with van der Waals surface area (Å²) in [4.78, 5) is 14.4. The van der Waals surface area contributed by atoms with Gasteiger partial charge in [-0.2, -0.15) is 0 Å². The van der Waals surface area contributed by atoms with Crippen molar-refractivity contribution in [3.8, 4) is 0 Å². The van der Waals surface area contributed by atoms with E-state index in [1.54, 1.807) is 19.1 Å². The molecule has 0 saturated carbocycles. The van der Waals surface area contributed by atoms with Crippen molar-refractivity contribution in [2.24, 2.45) is 0 Å². The molecule has 0 fully saturated rings. The largest absolute Gasteiger partial charge is 0.359 e. The summed E-state index contributed by atoms with van der Waals surface area (Å²) in [5, 5.41) is 0. The predicted molar refractivity (Wildman–Crippen MR) is 74.1 cm³/mol. The van der Waals surface area contributed by atoms with Gasteiger partial charge in [0.25, 0.3) is 5.91 Å². The summed E-state index contributed by atoms with van der Waals surface area (Å²) in [6.45, 7) is 0. The van der Waals surface area contributed by atoms with Crippen molar-refractivity contribution in [3.05, 3.63) is 65.7 Å². The number of likely N-dealkylation sites (N-methyl/N-ethyl adjacent to an activating group) is 1. The third-order valence-corrected chi connectivity index (χ3v) is 3.74. The molecule has 19 heavy (non-hydrogen) atoms. The molecule has 3 nitrogen and oxygen atoms in total. The second kappa shape index (κ2) is 4.21. The summed E-state index contributed by atoms with van der Waals surface area (Å²) in [6.07, 6.45) is 0. The van der Waals surface area contributed by atoms with Crippen LogP contribution in [0, 0.1) is 0 Å². The number of ether oxygens (including phenoxy) is 1. The van der Waals surface area contributed by atoms with Crippen LogP contribution in [-0.4, -0.2) is 20.1 Å². The fourth-order valence-corrected chi connectivity index (χ4v) is 2.79. The lowest BCUT2D eigenvalue weighted by Gasteiger charge is -2.27. The van der Waals surface area contributed by atoms with Crippen molar-refractivity contribution in [1.82, 2.24) is 0 Å². The minimum atomic E-state index is -1.02. The molecule has 96 valence electrons. The topological polar surface area (TPSA) is 29.5 Å². The Balaban J connectivity index is 2.30. The Morgan fingerprint density at radius 1 is 1.00 bits per heavy atom. The van der Waals surface area contributed by atoms with E-state index in [-0.39, 0.29) is 5.91 Å². The van der Waals surface area contributed by atoms with Crippen molar-refractivity contribution < 1.29 is 9.53 Å². The molecule has 2 aromatic rings. The van der Waals surface area contributed by atoms with Gasteiger partial charge in [0.15, 0.2) is 5.60 Å². The van der Waals surface area contributed by atoms with Gasteiger partial charge >= 0.3 is 0 Å². The van der Waals surface area contributed by atoms with Crippen molar-refractivity contribution >= 4 is 11.6 Å². The number of hydrogen-bond donors (Lipinski definition) is 0. The second-order valence-electron chi connectivity index (χ2n) is 4.63. The van der Waals surface area contributed by atoms with E-state index in [0.29, 0.717) is 0 Å². The van der Waals surface area contributed by atoms with Crippen molar-refractivity contribution in [2.45, 2.75) is 5.60 Å². The molecule has 3 rings (SSSR count). The molecule has 0 aromatic heterocycles. The van der Waals surface area contributed by atoms with Crippen LogP contribution in [0.25, 0.3) is 0 Å². The number of para-hydroxylation sites is 1. The van der Waals surface area contributed by atoms with Gasteiger partial charge in [0.1, 0.15) is 0 Å². The number of methoxy groups -OCH3 is 1. The molecule has 1 atom stereocenters. The highest BCUT2D eigenvalue weighted by molar-refractivity contribution is 6.08. The van der Waals surface area contributed by atoms with E-state index in [0.717, 1.165) is 16.8 Å². The molecule has 1 aliphatic rings. The highest BCUT2D eigenvalue weighted by atomic mass is 16.5. The quantitative estimate of drug-likeness (QED) is 0.823. The minimum Gasteiger partial charge on any atom is -0.359 e. The molecule has 3 heteroatoms. The van der Waals surface area contributed by atoms with Crippen LogP contribution in [0.15, 0.2) is 54.6 Å². The van der Waals surface area contributed by atoms with E-state index in [2.05, 4.69) is 0 Å². The molecule has 0 radical (unpaired) electrons. The molecule has 0 spiro atoms. The monoisotopic (exact) mass is 253 g/mol. The van der Waals surface area contributed by atoms with Gasteiger partial charge in [-0.05, 0) is 11.6 Å². The van der Waals surface area contributed by atoms with Crippen LogP contribution in [0.3, 0.4) is 0 Å². The van der Waals surface area contributed by atoms with E-state index >= 15 is 0 Å². The summed E-state index contributed by atoms with van der Waals surface area (Å²) >= 11 is 0. The Kier molecular flexibility index (Phi) is 2.64. The average molecular weight is 253 g/mol. The molecule has 0 unspecified atom stereocenters. The number of anilines is 1. The lowest BCUT2D eigenvalue weighted by molar-refractivity contribution is -0.134. The zero-order valence-electron chi connectivity index (χ0n) is 11.0. The highest BCUT2D eigenvalue weighted by Crippen LogP contribution is 2.45. The highest BCUT2D eigenvalue weighted by Gasteiger charge is 2.51. The first-order valence-electron chi connectivity index (χ1n) is 6.20. The van der Waals surface area contributed by atoms with Gasteiger partial charge in [0.2, 0.25) is 0 Å². The van der Waals surface area contributed by atoms with Crippen LogP contribution in [0.4, 0.5) is 5.69 Å². The summed E-state index contributed by atoms with van der Waals surface area (Å²) in [5.74, 6) is -0.0533. The third kappa shape index (κ3) is 1.45. The summed E-state index contributed by atoms with van der Waals surface area (Å²) in [5.41, 5.74) is 1.64. The van der Waals surface area contributed by atoms with Gasteiger partial charge in [-0.15, -0.1) is 0 Å². The van der Waals surface area contributed by atoms with Gasteiger partial charge in [-0.3, -0.25) is 4.79 Å². The van der Waals surface area contributed by atoms with Crippen LogP contribution in [0.1, 0.15) is 11.1 Å². The van der Waals surface area contributed by atoms with Crippen LogP contribution in [0.2, 0.25) is 0 Å². The number of carbonyl (C=O) groups excluding carboxylic acids is 1. The number of carbonyl (C=O) groups is 1. The van der Waals surface area contributed by atoms with Gasteiger partial charge in [0, 0.05) is 19.7 Å². The van der Waals surface area contributed by atoms with Crippen molar-refractivity contribution in [3.63, 3.8) is 0 Å². The molecular formula is C16H15NO2. The molecule has 1 amide bonds. The minimum absolute atomic E-state index is 0.0533. The molecule has 0 saturated heterocycles. The predicted octanol–water partition coefficient (Wildman–Crippen LogP) is 2.55. The van der Waals surface area contributed by atoms with E-state index in [1.165, 1.54) is 0 Å². The number of benzene rings is 2. The summed E-state index contributed by atoms with van der Waals surface area (Å²) in [7, 11) is 3.37. The molecule has 1 aliphatic heterocycles. The third-order valence-electron chi connectivity index (χ3n) is 3.74. The Morgan fingerprint density at radius 3 is 2.32 bits per heavy atom. The lowest BCUT2D eigenvalue weighted by atomic mass is 9.87. The number of fused-ring (bicyclic) bond motifs is 1. The van der Waals surface area contributed by atoms with E-state index in [1.807, 2.05) is 54.6 Å². The van der Waals surface area contributed by atoms with Gasteiger partial charge in [0.05, 0.1) is 5.69 Å². The van der Waals surface area contributed by atoms with Gasteiger partial charge < -0.3 is 9.64 Å². The van der Waals surface area contributed by atoms with E-state index in [9.17, 15) is 4.79 Å². The van der Waals surface area contributed by atoms with E-state index in [4.69, 9.17) is 4.74 Å². The summed E-state index contributed by atoms with van der Waals surface area (Å²) in [6, 6.07) is 17.4. The maximum absolute atomic E-state index is 12.7. The fourth-order valence-electron chi connectivity index (χ4n) is 2.79. The number of hydrogen-bond acceptors (Lipinski definition) is 2. The first-order valence-corrected chi connectivity index (χ1v) is 6.20. The van der Waals surface area contributed by atoms with Crippen LogP contribution >= 0.6 is 0 Å². The van der Waals surface area contributed by atoms with Gasteiger partial charge in [-0.25, -0.2) is 0 Å². The zero-order valence-corrected chi connectivity index (χ0v) is 11.0. The summed E-state index contributed by atoms with van der Waals surface area (Å²) < 4.78 is 5.70. The Hall–Kier alpha value is -2.13. The molecule has 0 bridgehead atoms. The number of amides is 1. The molecule has 0 aliphatic carbocycles. The number of nitrogens with zero attached hydrogens (tertiary/aromatic N) is 1. The van der Waals surface area contributed by atoms with Crippen molar-refractivity contribution in [1.29, 1.82) is 0 Å². The normalized spacial score (nSPS) is 21.6. The maximum atomic E-state index is 12.7. The first-order chi connectivity index (χ1) is 9.21.